The highest BCUT2D eigenvalue weighted by molar-refractivity contribution is 7.16. The fourth-order valence-electron chi connectivity index (χ4n) is 3.28. The van der Waals surface area contributed by atoms with Crippen LogP contribution in [0.5, 0.6) is 0 Å². The molecule has 0 aromatic carbocycles. The van der Waals surface area contributed by atoms with Crippen LogP contribution in [0.2, 0.25) is 0 Å². The first-order valence-electron chi connectivity index (χ1n) is 10.1. The highest BCUT2D eigenvalue weighted by Gasteiger charge is 2.37. The molecule has 33 heavy (non-hydrogen) atoms. The number of piperazine rings is 1. The number of thiazole rings is 1. The normalized spacial score (nSPS) is 15.2. The predicted molar refractivity (Wildman–Crippen MR) is 114 cm³/mol. The summed E-state index contributed by atoms with van der Waals surface area (Å²) in [5.74, 6) is -0.0785. The van der Waals surface area contributed by atoms with E-state index in [0.717, 1.165) is 11.3 Å². The van der Waals surface area contributed by atoms with Crippen molar-refractivity contribution in [3.05, 3.63) is 33.2 Å². The summed E-state index contributed by atoms with van der Waals surface area (Å²) in [6, 6.07) is 1.50. The maximum atomic E-state index is 13.1. The second kappa shape index (κ2) is 10.6. The highest BCUT2D eigenvalue weighted by Crippen LogP contribution is 2.31. The van der Waals surface area contributed by atoms with Crippen LogP contribution in [-0.4, -0.2) is 71.4 Å². The number of rotatable bonds is 8. The standard InChI is InChI=1S/C19H22F3N7O3S/c1-12(26-14-10-25-27-17(31)16(14)19(20,21)22)11-32-7-2-15(30)28-3-5-29(6-4-28)18-24-9-13(8-23)33-18/h9-10,12H,2-7,11H2,1H3,(H2,26,27,31)/t12-/m0/s1. The number of aromatic amines is 1. The van der Waals surface area contributed by atoms with E-state index in [0.29, 0.717) is 31.1 Å². The van der Waals surface area contributed by atoms with Crippen molar-refractivity contribution >= 4 is 28.1 Å². The molecule has 1 aliphatic heterocycles. The predicted octanol–water partition coefficient (Wildman–Crippen LogP) is 1.67. The van der Waals surface area contributed by atoms with E-state index in [1.54, 1.807) is 16.9 Å². The molecule has 10 nitrogen and oxygen atoms in total. The number of carbonyl (C=O) groups excluding carboxylic acids is 1. The van der Waals surface area contributed by atoms with E-state index in [2.05, 4.69) is 21.5 Å². The first kappa shape index (κ1) is 24.5. The fraction of sp³-hybridized carbons (Fsp3) is 0.526. The molecule has 1 fully saturated rings. The molecule has 0 spiro atoms. The molecule has 14 heteroatoms. The van der Waals surface area contributed by atoms with Gasteiger partial charge in [0.1, 0.15) is 16.5 Å². The lowest BCUT2D eigenvalue weighted by molar-refractivity contribution is -0.138. The highest BCUT2D eigenvalue weighted by atomic mass is 32.1. The average molecular weight is 485 g/mol. The molecule has 2 N–H and O–H groups in total. The van der Waals surface area contributed by atoms with Crippen LogP contribution >= 0.6 is 11.3 Å². The monoisotopic (exact) mass is 485 g/mol. The molecule has 3 heterocycles. The molecule has 0 radical (unpaired) electrons. The van der Waals surface area contributed by atoms with Crippen LogP contribution in [0.25, 0.3) is 0 Å². The minimum atomic E-state index is -4.83. The molecule has 1 aliphatic rings. The molecule has 178 valence electrons. The van der Waals surface area contributed by atoms with Crippen molar-refractivity contribution in [1.29, 1.82) is 5.26 Å². The van der Waals surface area contributed by atoms with Gasteiger partial charge in [0.05, 0.1) is 37.7 Å². The van der Waals surface area contributed by atoms with Gasteiger partial charge in [-0.15, -0.1) is 0 Å². The van der Waals surface area contributed by atoms with E-state index < -0.39 is 29.0 Å². The maximum absolute atomic E-state index is 13.1. The number of nitrogens with zero attached hydrogens (tertiary/aromatic N) is 5. The Balaban J connectivity index is 1.39. The molecule has 0 unspecified atom stereocenters. The molecule has 3 rings (SSSR count). The number of nitriles is 1. The number of anilines is 2. The molecular formula is C19H22F3N7O3S. The van der Waals surface area contributed by atoms with Crippen molar-refractivity contribution in [2.75, 3.05) is 49.6 Å². The molecule has 2 aromatic rings. The van der Waals surface area contributed by atoms with Gasteiger partial charge < -0.3 is 19.9 Å². The van der Waals surface area contributed by atoms with Gasteiger partial charge in [-0.25, -0.2) is 10.1 Å². The Morgan fingerprint density at radius 1 is 1.36 bits per heavy atom. The van der Waals surface area contributed by atoms with Crippen LogP contribution < -0.4 is 15.8 Å². The second-order valence-corrected chi connectivity index (χ2v) is 8.35. The Hall–Kier alpha value is -3.18. The number of halogens is 3. The van der Waals surface area contributed by atoms with Gasteiger partial charge in [0, 0.05) is 32.2 Å². The van der Waals surface area contributed by atoms with Gasteiger partial charge in [-0.1, -0.05) is 11.3 Å². The summed E-state index contributed by atoms with van der Waals surface area (Å²) in [5, 5.41) is 17.4. The van der Waals surface area contributed by atoms with E-state index in [1.807, 2.05) is 4.90 Å². The minimum absolute atomic E-state index is 0.0381. The zero-order valence-corrected chi connectivity index (χ0v) is 18.5. The third-order valence-corrected chi connectivity index (χ3v) is 5.84. The van der Waals surface area contributed by atoms with Gasteiger partial charge >= 0.3 is 6.18 Å². The summed E-state index contributed by atoms with van der Waals surface area (Å²) in [4.78, 5) is 32.4. The summed E-state index contributed by atoms with van der Waals surface area (Å²) in [6.07, 6.45) is -2.26. The largest absolute Gasteiger partial charge is 0.423 e. The molecule has 1 saturated heterocycles. The molecular weight excluding hydrogens is 463 g/mol. The van der Waals surface area contributed by atoms with Crippen LogP contribution in [0, 0.1) is 11.3 Å². The summed E-state index contributed by atoms with van der Waals surface area (Å²) in [5.41, 5.74) is -3.11. The van der Waals surface area contributed by atoms with Crippen molar-refractivity contribution in [3.8, 4) is 6.07 Å². The van der Waals surface area contributed by atoms with Crippen molar-refractivity contribution in [2.24, 2.45) is 0 Å². The van der Waals surface area contributed by atoms with Crippen LogP contribution in [-0.2, 0) is 15.7 Å². The maximum Gasteiger partial charge on any atom is 0.423 e. The molecule has 0 bridgehead atoms. The lowest BCUT2D eigenvalue weighted by Crippen LogP contribution is -2.49. The zero-order chi connectivity index (χ0) is 24.0. The summed E-state index contributed by atoms with van der Waals surface area (Å²) >= 11 is 1.31. The number of nitrogens with one attached hydrogen (secondary N) is 2. The number of amides is 1. The van der Waals surface area contributed by atoms with Gasteiger partial charge in [-0.05, 0) is 6.92 Å². The van der Waals surface area contributed by atoms with E-state index in [-0.39, 0.29) is 25.5 Å². The molecule has 2 aromatic heterocycles. The quantitative estimate of drug-likeness (QED) is 0.541. The first-order valence-corrected chi connectivity index (χ1v) is 10.9. The van der Waals surface area contributed by atoms with E-state index in [4.69, 9.17) is 10.00 Å². The van der Waals surface area contributed by atoms with Crippen molar-refractivity contribution in [2.45, 2.75) is 25.6 Å². The van der Waals surface area contributed by atoms with Crippen molar-refractivity contribution in [3.63, 3.8) is 0 Å². The second-order valence-electron chi connectivity index (χ2n) is 7.34. The van der Waals surface area contributed by atoms with Crippen molar-refractivity contribution in [1.82, 2.24) is 20.1 Å². The topological polar surface area (TPSA) is 127 Å². The number of carbonyl (C=O) groups is 1. The smallest absolute Gasteiger partial charge is 0.379 e. The third kappa shape index (κ3) is 6.42. The SMILES string of the molecule is C[C@@H](COCCC(=O)N1CCN(c2ncc(C#N)s2)CC1)Nc1cn[nH]c(=O)c1C(F)(F)F. The van der Waals surface area contributed by atoms with E-state index in [1.165, 1.54) is 17.5 Å². The van der Waals surface area contributed by atoms with Crippen molar-refractivity contribution < 1.29 is 22.7 Å². The van der Waals surface area contributed by atoms with Crippen LogP contribution in [0.3, 0.4) is 0 Å². The lowest BCUT2D eigenvalue weighted by Gasteiger charge is -2.34. The number of ether oxygens (including phenoxy) is 1. The number of alkyl halides is 3. The van der Waals surface area contributed by atoms with E-state index in [9.17, 15) is 22.8 Å². The third-order valence-electron chi connectivity index (χ3n) is 4.88. The lowest BCUT2D eigenvalue weighted by atomic mass is 10.2. The Kier molecular flexibility index (Phi) is 7.88. The van der Waals surface area contributed by atoms with Gasteiger partial charge in [0.15, 0.2) is 5.13 Å². The number of hydrogen-bond acceptors (Lipinski definition) is 9. The summed E-state index contributed by atoms with van der Waals surface area (Å²) in [6.45, 7) is 4.01. The number of aromatic nitrogens is 3. The van der Waals surface area contributed by atoms with Crippen LogP contribution in [0.1, 0.15) is 23.8 Å². The Morgan fingerprint density at radius 2 is 2.09 bits per heavy atom. The first-order chi connectivity index (χ1) is 15.7. The van der Waals surface area contributed by atoms with Gasteiger partial charge in [-0.2, -0.15) is 23.5 Å². The fourth-order valence-corrected chi connectivity index (χ4v) is 4.05. The number of H-pyrrole nitrogens is 1. The zero-order valence-electron chi connectivity index (χ0n) is 17.7. The molecule has 1 atom stereocenters. The summed E-state index contributed by atoms with van der Waals surface area (Å²) in [7, 11) is 0. The Morgan fingerprint density at radius 3 is 2.73 bits per heavy atom. The van der Waals surface area contributed by atoms with Gasteiger partial charge in [0.2, 0.25) is 5.91 Å². The Bertz CT molecular complexity index is 1060. The minimum Gasteiger partial charge on any atom is -0.379 e. The average Bonchev–Trinajstić information content (AvgIpc) is 3.25. The number of hydrogen-bond donors (Lipinski definition) is 2. The van der Waals surface area contributed by atoms with Crippen LogP contribution in [0.4, 0.5) is 24.0 Å². The van der Waals surface area contributed by atoms with Gasteiger partial charge in [0.25, 0.3) is 5.56 Å². The van der Waals surface area contributed by atoms with Gasteiger partial charge in [-0.3, -0.25) is 9.59 Å². The summed E-state index contributed by atoms with van der Waals surface area (Å²) < 4.78 is 44.7. The Labute approximate surface area is 191 Å². The van der Waals surface area contributed by atoms with E-state index >= 15 is 0 Å². The molecule has 0 saturated carbocycles. The molecule has 0 aliphatic carbocycles. The van der Waals surface area contributed by atoms with Crippen LogP contribution in [0.15, 0.2) is 17.2 Å². The molecule has 1 amide bonds.